The zero-order valence-corrected chi connectivity index (χ0v) is 17.5. The number of benzene rings is 1. The van der Waals surface area contributed by atoms with E-state index in [1.54, 1.807) is 6.20 Å². The van der Waals surface area contributed by atoms with Gasteiger partial charge in [0.1, 0.15) is 11.3 Å². The molecular weight excluding hydrogens is 429 g/mol. The molecule has 0 radical (unpaired) electrons. The molecule has 2 aliphatic rings. The van der Waals surface area contributed by atoms with Gasteiger partial charge < -0.3 is 10.6 Å². The second-order valence-corrected chi connectivity index (χ2v) is 8.65. The number of aromatic nitrogens is 4. The summed E-state index contributed by atoms with van der Waals surface area (Å²) in [5.41, 5.74) is 1.01. The minimum absolute atomic E-state index is 0.183. The van der Waals surface area contributed by atoms with Gasteiger partial charge in [-0.3, -0.25) is 4.57 Å². The van der Waals surface area contributed by atoms with Gasteiger partial charge in [0.2, 0.25) is 5.95 Å². The molecule has 10 heteroatoms. The fourth-order valence-corrected chi connectivity index (χ4v) is 4.34. The molecule has 0 unspecified atom stereocenters. The van der Waals surface area contributed by atoms with E-state index in [1.165, 1.54) is 25.0 Å². The van der Waals surface area contributed by atoms with Crippen LogP contribution in [-0.4, -0.2) is 32.6 Å². The third-order valence-corrected chi connectivity index (χ3v) is 6.17. The van der Waals surface area contributed by atoms with E-state index in [0.717, 1.165) is 49.9 Å². The van der Waals surface area contributed by atoms with Gasteiger partial charge in [0, 0.05) is 18.2 Å². The van der Waals surface area contributed by atoms with Crippen LogP contribution in [0.4, 0.5) is 24.8 Å². The smallest absolute Gasteiger partial charge is 0.325 e. The first-order valence-electron chi connectivity index (χ1n) is 10.5. The summed E-state index contributed by atoms with van der Waals surface area (Å²) in [5.74, 6) is 2.02. The Morgan fingerprint density at radius 2 is 1.90 bits per heavy atom. The van der Waals surface area contributed by atoms with E-state index in [-0.39, 0.29) is 11.1 Å². The van der Waals surface area contributed by atoms with Gasteiger partial charge in [-0.2, -0.15) is 13.2 Å². The quantitative estimate of drug-likeness (QED) is 0.564. The lowest BCUT2D eigenvalue weighted by Gasteiger charge is -2.26. The predicted molar refractivity (Wildman–Crippen MR) is 113 cm³/mol. The van der Waals surface area contributed by atoms with Crippen LogP contribution in [0.3, 0.4) is 0 Å². The summed E-state index contributed by atoms with van der Waals surface area (Å²) in [5, 5.41) is 6.17. The number of hydrogen-bond donors (Lipinski definition) is 2. The molecule has 2 aromatic heterocycles. The van der Waals surface area contributed by atoms with E-state index in [4.69, 9.17) is 16.6 Å². The summed E-state index contributed by atoms with van der Waals surface area (Å²) in [6.45, 7) is 1.77. The molecule has 1 saturated carbocycles. The van der Waals surface area contributed by atoms with Crippen LogP contribution in [0.5, 0.6) is 0 Å². The average Bonchev–Trinajstić information content (AvgIpc) is 3.47. The molecule has 31 heavy (non-hydrogen) atoms. The highest BCUT2D eigenvalue weighted by molar-refractivity contribution is 6.31. The molecule has 1 aromatic carbocycles. The van der Waals surface area contributed by atoms with Crippen LogP contribution in [0.2, 0.25) is 5.02 Å². The van der Waals surface area contributed by atoms with Crippen LogP contribution in [0.15, 0.2) is 24.4 Å². The van der Waals surface area contributed by atoms with Crippen molar-refractivity contribution in [2.24, 2.45) is 5.92 Å². The summed E-state index contributed by atoms with van der Waals surface area (Å²) in [6.07, 6.45) is 2.37. The molecule has 6 nitrogen and oxygen atoms in total. The maximum atomic E-state index is 13.0. The summed E-state index contributed by atoms with van der Waals surface area (Å²) < 4.78 is 41.2. The molecule has 3 heterocycles. The van der Waals surface area contributed by atoms with Gasteiger partial charge in [0.05, 0.1) is 16.8 Å². The summed E-state index contributed by atoms with van der Waals surface area (Å²) in [7, 11) is 0. The molecule has 1 aliphatic heterocycles. The lowest BCUT2D eigenvalue weighted by Crippen LogP contribution is -2.30. The molecule has 1 saturated heterocycles. The van der Waals surface area contributed by atoms with Crippen LogP contribution in [-0.2, 0) is 12.6 Å². The highest BCUT2D eigenvalue weighted by Gasteiger charge is 2.33. The minimum atomic E-state index is -4.49. The summed E-state index contributed by atoms with van der Waals surface area (Å²) in [4.78, 5) is 13.9. The highest BCUT2D eigenvalue weighted by atomic mass is 35.5. The van der Waals surface area contributed by atoms with Crippen LogP contribution in [0, 0.1) is 5.92 Å². The largest absolute Gasteiger partial charge is 0.417 e. The topological polar surface area (TPSA) is 67.7 Å². The Morgan fingerprint density at radius 3 is 2.58 bits per heavy atom. The van der Waals surface area contributed by atoms with Crippen LogP contribution >= 0.6 is 11.6 Å². The number of rotatable bonds is 5. The van der Waals surface area contributed by atoms with Crippen molar-refractivity contribution in [2.75, 3.05) is 18.4 Å². The number of alkyl halides is 3. The van der Waals surface area contributed by atoms with Gasteiger partial charge in [0.15, 0.2) is 5.65 Å². The van der Waals surface area contributed by atoms with Gasteiger partial charge in [0.25, 0.3) is 0 Å². The van der Waals surface area contributed by atoms with Crippen LogP contribution < -0.4 is 10.6 Å². The van der Waals surface area contributed by atoms with Crippen molar-refractivity contribution in [3.63, 3.8) is 0 Å². The van der Waals surface area contributed by atoms with Gasteiger partial charge in [-0.25, -0.2) is 15.0 Å². The zero-order chi connectivity index (χ0) is 21.6. The first-order valence-corrected chi connectivity index (χ1v) is 10.8. The van der Waals surface area contributed by atoms with Crippen molar-refractivity contribution in [2.45, 2.75) is 44.3 Å². The van der Waals surface area contributed by atoms with Gasteiger partial charge in [-0.05, 0) is 62.9 Å². The number of imidazole rings is 1. The van der Waals surface area contributed by atoms with Crippen molar-refractivity contribution < 1.29 is 13.2 Å². The maximum Gasteiger partial charge on any atom is 0.417 e. The Bertz CT molecular complexity index is 1100. The minimum Gasteiger partial charge on any atom is -0.325 e. The molecule has 0 amide bonds. The first kappa shape index (κ1) is 20.5. The van der Waals surface area contributed by atoms with Gasteiger partial charge >= 0.3 is 6.18 Å². The van der Waals surface area contributed by atoms with E-state index in [0.29, 0.717) is 23.1 Å². The number of hydrogen-bond acceptors (Lipinski definition) is 5. The fraction of sp³-hybridized carbons (Fsp3) is 0.476. The van der Waals surface area contributed by atoms with Crippen molar-refractivity contribution in [1.29, 1.82) is 0 Å². The average molecular weight is 451 g/mol. The SMILES string of the molecule is FC(F)(F)c1ccc(Nc2nc3cnc(CC4CC4)nc3n2C2CCNCC2)cc1Cl. The van der Waals surface area contributed by atoms with Gasteiger partial charge in [-0.15, -0.1) is 0 Å². The Kier molecular flexibility index (Phi) is 5.26. The molecule has 5 rings (SSSR count). The summed E-state index contributed by atoms with van der Waals surface area (Å²) >= 11 is 5.90. The molecule has 2 fully saturated rings. The van der Waals surface area contributed by atoms with Crippen molar-refractivity contribution in [1.82, 2.24) is 24.8 Å². The number of nitrogens with one attached hydrogen (secondary N) is 2. The monoisotopic (exact) mass is 450 g/mol. The number of halogens is 4. The summed E-state index contributed by atoms with van der Waals surface area (Å²) in [6, 6.07) is 3.81. The van der Waals surface area contributed by atoms with Gasteiger partial charge in [-0.1, -0.05) is 11.6 Å². The number of piperidine rings is 1. The molecule has 3 aromatic rings. The van der Waals surface area contributed by atoms with Crippen molar-refractivity contribution >= 4 is 34.4 Å². The zero-order valence-electron chi connectivity index (χ0n) is 16.7. The molecule has 164 valence electrons. The number of fused-ring (bicyclic) bond motifs is 1. The number of anilines is 2. The molecule has 0 spiro atoms. The molecular formula is C21H22ClF3N6. The molecule has 0 atom stereocenters. The Balaban J connectivity index is 1.53. The molecule has 1 aliphatic carbocycles. The van der Waals surface area contributed by atoms with Crippen LogP contribution in [0.25, 0.3) is 11.2 Å². The Hall–Kier alpha value is -2.39. The lowest BCUT2D eigenvalue weighted by molar-refractivity contribution is -0.137. The molecule has 0 bridgehead atoms. The fourth-order valence-electron chi connectivity index (χ4n) is 4.06. The Morgan fingerprint density at radius 1 is 1.13 bits per heavy atom. The van der Waals surface area contributed by atoms with E-state index < -0.39 is 11.7 Å². The van der Waals surface area contributed by atoms with E-state index >= 15 is 0 Å². The third-order valence-electron chi connectivity index (χ3n) is 5.86. The predicted octanol–water partition coefficient (Wildman–Crippen LogP) is 5.12. The first-order chi connectivity index (χ1) is 14.9. The van der Waals surface area contributed by atoms with E-state index in [2.05, 4.69) is 25.2 Å². The maximum absolute atomic E-state index is 13.0. The van der Waals surface area contributed by atoms with E-state index in [9.17, 15) is 13.2 Å². The highest BCUT2D eigenvalue weighted by Crippen LogP contribution is 2.37. The standard InChI is InChI=1S/C21H22ClF3N6/c22-16-10-13(3-4-15(16)21(23,24)25)28-20-29-17-11-27-18(9-12-1-2-12)30-19(17)31(20)14-5-7-26-8-6-14/h3-4,10-12,14,26H,1-2,5-9H2,(H,28,29). The Labute approximate surface area is 182 Å². The van der Waals surface area contributed by atoms with Crippen molar-refractivity contribution in [3.05, 3.63) is 40.8 Å². The second kappa shape index (κ2) is 7.94. The van der Waals surface area contributed by atoms with Crippen molar-refractivity contribution in [3.8, 4) is 0 Å². The second-order valence-electron chi connectivity index (χ2n) is 8.25. The molecule has 2 N–H and O–H groups in total. The number of nitrogens with zero attached hydrogens (tertiary/aromatic N) is 4. The third kappa shape index (κ3) is 4.34. The normalized spacial score (nSPS) is 17.9. The van der Waals surface area contributed by atoms with E-state index in [1.807, 2.05) is 0 Å². The van der Waals surface area contributed by atoms with Crippen LogP contribution in [0.1, 0.15) is 43.1 Å². The lowest BCUT2D eigenvalue weighted by atomic mass is 10.1.